The zero-order valence-corrected chi connectivity index (χ0v) is 12.6. The molecule has 1 aromatic rings. The van der Waals surface area contributed by atoms with Crippen molar-refractivity contribution in [1.82, 2.24) is 10.2 Å². The van der Waals surface area contributed by atoms with E-state index < -0.39 is 0 Å². The molecule has 4 nitrogen and oxygen atoms in total. The van der Waals surface area contributed by atoms with Crippen LogP contribution in [-0.2, 0) is 17.7 Å². The van der Waals surface area contributed by atoms with Gasteiger partial charge < -0.3 is 19.7 Å². The van der Waals surface area contributed by atoms with Gasteiger partial charge in [0.15, 0.2) is 0 Å². The fourth-order valence-corrected chi connectivity index (χ4v) is 3.10. The summed E-state index contributed by atoms with van der Waals surface area (Å²) in [7, 11) is 2.13. The summed E-state index contributed by atoms with van der Waals surface area (Å²) in [4.78, 5) is 2.30. The summed E-state index contributed by atoms with van der Waals surface area (Å²) in [6.45, 7) is 5.21. The van der Waals surface area contributed by atoms with Gasteiger partial charge in [0.05, 0.1) is 19.3 Å². The minimum atomic E-state index is 0.266. The van der Waals surface area contributed by atoms with Crippen LogP contribution in [0, 0.1) is 0 Å². The minimum absolute atomic E-state index is 0.266. The quantitative estimate of drug-likeness (QED) is 0.917. The lowest BCUT2D eigenvalue weighted by atomic mass is 10.1. The van der Waals surface area contributed by atoms with E-state index in [1.165, 1.54) is 5.56 Å². The smallest absolute Gasteiger partial charge is 0.127 e. The Balaban J connectivity index is 1.56. The van der Waals surface area contributed by atoms with Gasteiger partial charge in [0.25, 0.3) is 0 Å². The van der Waals surface area contributed by atoms with Crippen molar-refractivity contribution < 1.29 is 9.47 Å². The van der Waals surface area contributed by atoms with Gasteiger partial charge in [0, 0.05) is 43.2 Å². The third-order valence-electron chi connectivity index (χ3n) is 3.85. The Kier molecular flexibility index (Phi) is 4.46. The van der Waals surface area contributed by atoms with Crippen molar-refractivity contribution in [1.29, 1.82) is 0 Å². The highest BCUT2D eigenvalue weighted by Gasteiger charge is 2.19. The van der Waals surface area contributed by atoms with Crippen LogP contribution in [0.2, 0.25) is 5.02 Å². The molecule has 0 saturated carbocycles. The van der Waals surface area contributed by atoms with E-state index in [1.54, 1.807) is 0 Å². The Hall–Kier alpha value is -0.810. The van der Waals surface area contributed by atoms with Crippen molar-refractivity contribution in [2.75, 3.05) is 39.9 Å². The number of hydrogen-bond donors (Lipinski definition) is 1. The molecule has 0 aromatic heterocycles. The second-order valence-corrected chi connectivity index (χ2v) is 5.97. The van der Waals surface area contributed by atoms with Crippen LogP contribution in [-0.4, -0.2) is 50.9 Å². The highest BCUT2D eigenvalue weighted by Crippen LogP contribution is 2.32. The van der Waals surface area contributed by atoms with E-state index in [0.29, 0.717) is 0 Å². The first-order valence-electron chi connectivity index (χ1n) is 7.17. The molecule has 1 saturated heterocycles. The Bertz CT molecular complexity index is 481. The second-order valence-electron chi connectivity index (χ2n) is 5.54. The van der Waals surface area contributed by atoms with Gasteiger partial charge in [0.2, 0.25) is 0 Å². The molecule has 1 unspecified atom stereocenters. The molecule has 1 atom stereocenters. The van der Waals surface area contributed by atoms with Crippen LogP contribution in [0.1, 0.15) is 11.1 Å². The topological polar surface area (TPSA) is 33.7 Å². The van der Waals surface area contributed by atoms with Crippen molar-refractivity contribution in [2.24, 2.45) is 0 Å². The molecule has 1 fully saturated rings. The number of halogens is 1. The number of nitrogens with one attached hydrogen (secondary N) is 1. The molecule has 20 heavy (non-hydrogen) atoms. The minimum Gasteiger partial charge on any atom is -0.493 e. The molecular formula is C15H21ClN2O2. The SMILES string of the molecule is CN1CCOC(CNCc2cc(Cl)cc3c2OCC3)C1. The molecule has 2 aliphatic heterocycles. The van der Waals surface area contributed by atoms with E-state index in [0.717, 1.165) is 62.1 Å². The van der Waals surface area contributed by atoms with Crippen LogP contribution in [0.5, 0.6) is 5.75 Å². The van der Waals surface area contributed by atoms with E-state index in [4.69, 9.17) is 21.1 Å². The summed E-state index contributed by atoms with van der Waals surface area (Å²) in [5.74, 6) is 1.02. The Morgan fingerprint density at radius 1 is 1.40 bits per heavy atom. The van der Waals surface area contributed by atoms with Gasteiger partial charge in [0.1, 0.15) is 5.75 Å². The zero-order chi connectivity index (χ0) is 13.9. The van der Waals surface area contributed by atoms with Crippen LogP contribution in [0.15, 0.2) is 12.1 Å². The van der Waals surface area contributed by atoms with Gasteiger partial charge in [-0.3, -0.25) is 0 Å². The lowest BCUT2D eigenvalue weighted by Gasteiger charge is -2.30. The first-order chi connectivity index (χ1) is 9.72. The number of likely N-dealkylation sites (N-methyl/N-ethyl adjacent to an activating group) is 1. The molecule has 110 valence electrons. The van der Waals surface area contributed by atoms with E-state index in [2.05, 4.69) is 17.3 Å². The molecule has 2 aliphatic rings. The van der Waals surface area contributed by atoms with Crippen LogP contribution in [0.4, 0.5) is 0 Å². The number of hydrogen-bond acceptors (Lipinski definition) is 4. The monoisotopic (exact) mass is 296 g/mol. The van der Waals surface area contributed by atoms with Gasteiger partial charge in [-0.25, -0.2) is 0 Å². The van der Waals surface area contributed by atoms with E-state index in [-0.39, 0.29) is 6.10 Å². The summed E-state index contributed by atoms with van der Waals surface area (Å²) >= 11 is 6.16. The summed E-state index contributed by atoms with van der Waals surface area (Å²) in [5.41, 5.74) is 2.37. The predicted molar refractivity (Wildman–Crippen MR) is 79.6 cm³/mol. The summed E-state index contributed by atoms with van der Waals surface area (Å²) in [5, 5.41) is 4.25. The highest BCUT2D eigenvalue weighted by molar-refractivity contribution is 6.30. The Labute approximate surface area is 125 Å². The number of morpholine rings is 1. The number of benzene rings is 1. The van der Waals surface area contributed by atoms with Crippen molar-refractivity contribution >= 4 is 11.6 Å². The molecule has 0 radical (unpaired) electrons. The largest absolute Gasteiger partial charge is 0.493 e. The van der Waals surface area contributed by atoms with Crippen LogP contribution in [0.3, 0.4) is 0 Å². The highest BCUT2D eigenvalue weighted by atomic mass is 35.5. The number of fused-ring (bicyclic) bond motifs is 1. The van der Waals surface area contributed by atoms with Gasteiger partial charge in [-0.15, -0.1) is 0 Å². The fraction of sp³-hybridized carbons (Fsp3) is 0.600. The molecule has 5 heteroatoms. The Morgan fingerprint density at radius 2 is 2.30 bits per heavy atom. The second kappa shape index (κ2) is 6.31. The van der Waals surface area contributed by atoms with Gasteiger partial charge in [-0.05, 0) is 24.7 Å². The van der Waals surface area contributed by atoms with Crippen molar-refractivity contribution in [3.05, 3.63) is 28.3 Å². The van der Waals surface area contributed by atoms with E-state index >= 15 is 0 Å². The first-order valence-corrected chi connectivity index (χ1v) is 7.55. The maximum absolute atomic E-state index is 6.16. The molecule has 2 heterocycles. The summed E-state index contributed by atoms with van der Waals surface area (Å²) < 4.78 is 11.4. The fourth-order valence-electron chi connectivity index (χ4n) is 2.84. The lowest BCUT2D eigenvalue weighted by molar-refractivity contribution is -0.0182. The average molecular weight is 297 g/mol. The summed E-state index contributed by atoms with van der Waals surface area (Å²) in [6, 6.07) is 4.00. The van der Waals surface area contributed by atoms with Crippen LogP contribution >= 0.6 is 11.6 Å². The van der Waals surface area contributed by atoms with Crippen molar-refractivity contribution in [3.8, 4) is 5.75 Å². The van der Waals surface area contributed by atoms with Gasteiger partial charge in [-0.1, -0.05) is 11.6 Å². The van der Waals surface area contributed by atoms with Gasteiger partial charge >= 0.3 is 0 Å². The predicted octanol–water partition coefficient (Wildman–Crippen LogP) is 1.70. The molecule has 0 aliphatic carbocycles. The standard InChI is InChI=1S/C15H21ClN2O2/c1-18-3-5-19-14(10-18)9-17-8-12-7-13(16)6-11-2-4-20-15(11)12/h6-7,14,17H,2-5,8-10H2,1H3. The van der Waals surface area contributed by atoms with Crippen molar-refractivity contribution in [2.45, 2.75) is 19.1 Å². The number of nitrogens with zero attached hydrogens (tertiary/aromatic N) is 1. The Morgan fingerprint density at radius 3 is 3.15 bits per heavy atom. The van der Waals surface area contributed by atoms with Crippen LogP contribution in [0.25, 0.3) is 0 Å². The van der Waals surface area contributed by atoms with E-state index in [1.807, 2.05) is 12.1 Å². The third kappa shape index (κ3) is 3.26. The van der Waals surface area contributed by atoms with Crippen LogP contribution < -0.4 is 10.1 Å². The lowest BCUT2D eigenvalue weighted by Crippen LogP contribution is -2.44. The molecule has 0 bridgehead atoms. The molecule has 1 aromatic carbocycles. The zero-order valence-electron chi connectivity index (χ0n) is 11.8. The van der Waals surface area contributed by atoms with E-state index in [9.17, 15) is 0 Å². The molecule has 3 rings (SSSR count). The third-order valence-corrected chi connectivity index (χ3v) is 4.07. The molecule has 0 amide bonds. The number of ether oxygens (including phenoxy) is 2. The summed E-state index contributed by atoms with van der Waals surface area (Å²) in [6.07, 6.45) is 1.22. The first kappa shape index (κ1) is 14.1. The molecular weight excluding hydrogens is 276 g/mol. The van der Waals surface area contributed by atoms with Gasteiger partial charge in [-0.2, -0.15) is 0 Å². The molecule has 1 N–H and O–H groups in total. The normalized spacial score (nSPS) is 22.6. The average Bonchev–Trinajstić information content (AvgIpc) is 2.87. The van der Waals surface area contributed by atoms with Crippen molar-refractivity contribution in [3.63, 3.8) is 0 Å². The number of rotatable bonds is 4. The molecule has 0 spiro atoms. The maximum Gasteiger partial charge on any atom is 0.127 e. The maximum atomic E-state index is 6.16.